The van der Waals surface area contributed by atoms with E-state index < -0.39 is 0 Å². The van der Waals surface area contributed by atoms with Gasteiger partial charge in [-0.05, 0) is 30.7 Å². The zero-order chi connectivity index (χ0) is 15.6. The normalized spacial score (nSPS) is 12.9. The smallest absolute Gasteiger partial charge is 0.274 e. The molecule has 0 atom stereocenters. The van der Waals surface area contributed by atoms with Crippen molar-refractivity contribution in [2.24, 2.45) is 0 Å². The van der Waals surface area contributed by atoms with Crippen LogP contribution < -0.4 is 5.32 Å². The van der Waals surface area contributed by atoms with E-state index in [1.165, 1.54) is 0 Å². The molecule has 0 fully saturated rings. The van der Waals surface area contributed by atoms with Crippen molar-refractivity contribution in [2.75, 3.05) is 5.32 Å². The van der Waals surface area contributed by atoms with Crippen LogP contribution in [0.5, 0.6) is 0 Å². The molecular formula is C18H16N4O. The number of hydrogen-bond donors (Lipinski definition) is 1. The number of anilines is 1. The number of pyridine rings is 1. The third-order valence-corrected chi connectivity index (χ3v) is 4.03. The van der Waals surface area contributed by atoms with Crippen molar-refractivity contribution >= 4 is 11.6 Å². The van der Waals surface area contributed by atoms with Gasteiger partial charge in [-0.2, -0.15) is 0 Å². The van der Waals surface area contributed by atoms with Crippen molar-refractivity contribution in [3.05, 3.63) is 66.4 Å². The van der Waals surface area contributed by atoms with Gasteiger partial charge in [0.2, 0.25) is 0 Å². The van der Waals surface area contributed by atoms with Gasteiger partial charge in [-0.3, -0.25) is 9.78 Å². The van der Waals surface area contributed by atoms with Crippen molar-refractivity contribution < 1.29 is 4.79 Å². The predicted octanol–water partition coefficient (Wildman–Crippen LogP) is 3.14. The molecule has 0 bridgehead atoms. The monoisotopic (exact) mass is 304 g/mol. The zero-order valence-corrected chi connectivity index (χ0v) is 12.6. The summed E-state index contributed by atoms with van der Waals surface area (Å²) in [6.45, 7) is 1.01. The Labute approximate surface area is 134 Å². The van der Waals surface area contributed by atoms with Gasteiger partial charge in [-0.1, -0.05) is 18.2 Å². The molecule has 5 nitrogen and oxygen atoms in total. The number of fused-ring (bicyclic) bond motifs is 1. The van der Waals surface area contributed by atoms with Gasteiger partial charge in [-0.25, -0.2) is 4.98 Å². The number of carbonyl (C=O) groups excluding carboxylic acids is 1. The third-order valence-electron chi connectivity index (χ3n) is 4.03. The number of aryl methyl sites for hydroxylation is 1. The van der Waals surface area contributed by atoms with Crippen molar-refractivity contribution in [2.45, 2.75) is 19.4 Å². The first-order valence-electron chi connectivity index (χ1n) is 7.68. The van der Waals surface area contributed by atoms with Crippen molar-refractivity contribution in [1.82, 2.24) is 14.5 Å². The van der Waals surface area contributed by atoms with Gasteiger partial charge in [0, 0.05) is 30.4 Å². The summed E-state index contributed by atoms with van der Waals surface area (Å²) in [5.41, 5.74) is 3.32. The molecule has 1 aromatic carbocycles. The van der Waals surface area contributed by atoms with E-state index in [9.17, 15) is 4.79 Å². The van der Waals surface area contributed by atoms with Crippen molar-refractivity contribution in [3.8, 4) is 11.3 Å². The highest BCUT2D eigenvalue weighted by Gasteiger charge is 2.17. The van der Waals surface area contributed by atoms with Crippen LogP contribution in [-0.4, -0.2) is 20.4 Å². The van der Waals surface area contributed by atoms with Crippen LogP contribution in [0.1, 0.15) is 22.7 Å². The minimum absolute atomic E-state index is 0.207. The second kappa shape index (κ2) is 5.68. The van der Waals surface area contributed by atoms with Crippen molar-refractivity contribution in [1.29, 1.82) is 0 Å². The summed E-state index contributed by atoms with van der Waals surface area (Å²) in [5, 5.41) is 2.90. The van der Waals surface area contributed by atoms with E-state index in [0.29, 0.717) is 5.69 Å². The number of imidazole rings is 1. The first kappa shape index (κ1) is 13.7. The van der Waals surface area contributed by atoms with E-state index >= 15 is 0 Å². The van der Waals surface area contributed by atoms with Gasteiger partial charge >= 0.3 is 0 Å². The summed E-state index contributed by atoms with van der Waals surface area (Å²) in [4.78, 5) is 20.8. The molecule has 5 heteroatoms. The summed E-state index contributed by atoms with van der Waals surface area (Å²) in [6, 6.07) is 13.1. The Balaban J connectivity index is 1.60. The van der Waals surface area contributed by atoms with Gasteiger partial charge in [0.1, 0.15) is 11.5 Å². The standard InChI is InChI=1S/C18H16N4O/c23-18(15-7-1-2-9-19-15)21-14-6-3-5-13(11-14)16-12-20-17-8-4-10-22(16)17/h1-3,5-7,9,11-12H,4,8,10H2,(H,21,23). The molecule has 23 heavy (non-hydrogen) atoms. The maximum Gasteiger partial charge on any atom is 0.274 e. The second-order valence-electron chi connectivity index (χ2n) is 5.56. The van der Waals surface area contributed by atoms with Crippen LogP contribution in [0.25, 0.3) is 11.3 Å². The van der Waals surface area contributed by atoms with Crippen LogP contribution in [0.15, 0.2) is 54.9 Å². The van der Waals surface area contributed by atoms with Crippen LogP contribution in [0.3, 0.4) is 0 Å². The highest BCUT2D eigenvalue weighted by Crippen LogP contribution is 2.27. The number of hydrogen-bond acceptors (Lipinski definition) is 3. The quantitative estimate of drug-likeness (QED) is 0.808. The van der Waals surface area contributed by atoms with Crippen LogP contribution in [0.4, 0.5) is 5.69 Å². The Morgan fingerprint density at radius 1 is 1.13 bits per heavy atom. The number of amides is 1. The summed E-state index contributed by atoms with van der Waals surface area (Å²) in [7, 11) is 0. The molecule has 1 aliphatic heterocycles. The molecule has 3 heterocycles. The lowest BCUT2D eigenvalue weighted by Gasteiger charge is -2.08. The van der Waals surface area contributed by atoms with Crippen LogP contribution >= 0.6 is 0 Å². The first-order chi connectivity index (χ1) is 11.3. The van der Waals surface area contributed by atoms with Gasteiger partial charge in [0.15, 0.2) is 0 Å². The summed E-state index contributed by atoms with van der Waals surface area (Å²) < 4.78 is 2.25. The van der Waals surface area contributed by atoms with E-state index in [4.69, 9.17) is 0 Å². The fourth-order valence-corrected chi connectivity index (χ4v) is 2.94. The van der Waals surface area contributed by atoms with E-state index in [1.807, 2.05) is 30.5 Å². The Hall–Kier alpha value is -2.95. The maximum absolute atomic E-state index is 12.2. The highest BCUT2D eigenvalue weighted by molar-refractivity contribution is 6.03. The Morgan fingerprint density at radius 2 is 2.09 bits per heavy atom. The summed E-state index contributed by atoms with van der Waals surface area (Å²) in [5.74, 6) is 0.934. The fourth-order valence-electron chi connectivity index (χ4n) is 2.94. The molecule has 0 radical (unpaired) electrons. The van der Waals surface area contributed by atoms with E-state index in [1.54, 1.807) is 24.4 Å². The number of aromatic nitrogens is 3. The maximum atomic E-state index is 12.2. The highest BCUT2D eigenvalue weighted by atomic mass is 16.1. The van der Waals surface area contributed by atoms with Gasteiger partial charge in [-0.15, -0.1) is 0 Å². The molecule has 0 aliphatic carbocycles. The lowest BCUT2D eigenvalue weighted by molar-refractivity contribution is 0.102. The van der Waals surface area contributed by atoms with Crippen LogP contribution in [-0.2, 0) is 13.0 Å². The van der Waals surface area contributed by atoms with Gasteiger partial charge in [0.05, 0.1) is 11.9 Å². The Kier molecular flexibility index (Phi) is 3.38. The molecule has 1 aliphatic rings. The molecule has 114 valence electrons. The number of carbonyl (C=O) groups is 1. The van der Waals surface area contributed by atoms with E-state index in [0.717, 1.165) is 42.2 Å². The average Bonchev–Trinajstić information content (AvgIpc) is 3.19. The van der Waals surface area contributed by atoms with Crippen LogP contribution in [0, 0.1) is 0 Å². The summed E-state index contributed by atoms with van der Waals surface area (Å²) >= 11 is 0. The number of nitrogens with one attached hydrogen (secondary N) is 1. The molecule has 0 saturated heterocycles. The van der Waals surface area contributed by atoms with E-state index in [2.05, 4.69) is 19.9 Å². The third kappa shape index (κ3) is 2.61. The topological polar surface area (TPSA) is 59.8 Å². The lowest BCUT2D eigenvalue weighted by atomic mass is 10.1. The molecule has 3 aromatic rings. The number of rotatable bonds is 3. The fraction of sp³-hybridized carbons (Fsp3) is 0.167. The largest absolute Gasteiger partial charge is 0.328 e. The average molecular weight is 304 g/mol. The van der Waals surface area contributed by atoms with Crippen LogP contribution in [0.2, 0.25) is 0 Å². The molecular weight excluding hydrogens is 288 g/mol. The Morgan fingerprint density at radius 3 is 2.96 bits per heavy atom. The molecule has 1 amide bonds. The number of benzene rings is 1. The minimum Gasteiger partial charge on any atom is -0.328 e. The molecule has 4 rings (SSSR count). The lowest BCUT2D eigenvalue weighted by Crippen LogP contribution is -2.13. The first-order valence-corrected chi connectivity index (χ1v) is 7.68. The predicted molar refractivity (Wildman–Crippen MR) is 88.2 cm³/mol. The molecule has 0 spiro atoms. The van der Waals surface area contributed by atoms with Crippen molar-refractivity contribution in [3.63, 3.8) is 0 Å². The van der Waals surface area contributed by atoms with Gasteiger partial charge in [0.25, 0.3) is 5.91 Å². The molecule has 0 saturated carbocycles. The second-order valence-corrected chi connectivity index (χ2v) is 5.56. The zero-order valence-electron chi connectivity index (χ0n) is 12.6. The van der Waals surface area contributed by atoms with E-state index in [-0.39, 0.29) is 5.91 Å². The molecule has 1 N–H and O–H groups in total. The van der Waals surface area contributed by atoms with Gasteiger partial charge < -0.3 is 9.88 Å². The Bertz CT molecular complexity index is 854. The minimum atomic E-state index is -0.207. The number of nitrogens with zero attached hydrogens (tertiary/aromatic N) is 3. The SMILES string of the molecule is O=C(Nc1cccc(-c2cnc3n2CCC3)c1)c1ccccn1. The molecule has 2 aromatic heterocycles. The summed E-state index contributed by atoms with van der Waals surface area (Å²) in [6.07, 6.45) is 5.71. The molecule has 0 unspecified atom stereocenters.